The molecular weight excluding hydrogens is 256 g/mol. The molecule has 2 aliphatic carbocycles. The van der Waals surface area contributed by atoms with Crippen molar-refractivity contribution in [1.29, 1.82) is 0 Å². The van der Waals surface area contributed by atoms with Gasteiger partial charge in [0, 0.05) is 12.1 Å². The molecule has 2 heteroatoms. The van der Waals surface area contributed by atoms with Crippen LogP contribution in [0.25, 0.3) is 0 Å². The molecule has 0 radical (unpaired) electrons. The molecule has 2 bridgehead atoms. The molecule has 2 rings (SSSR count). The van der Waals surface area contributed by atoms with Crippen molar-refractivity contribution >= 4 is 0 Å². The first kappa shape index (κ1) is 17.3. The quantitative estimate of drug-likeness (QED) is 0.718. The number of nitrogens with one attached hydrogen (secondary N) is 1. The Morgan fingerprint density at radius 1 is 1.19 bits per heavy atom. The number of rotatable bonds is 8. The van der Waals surface area contributed by atoms with E-state index in [1.807, 2.05) is 0 Å². The average Bonchev–Trinajstić information content (AvgIpc) is 2.91. The molecular formula is C19H38N2. The average molecular weight is 295 g/mol. The number of hydrogen-bond acceptors (Lipinski definition) is 2. The molecule has 2 aliphatic rings. The molecule has 2 saturated carbocycles. The van der Waals surface area contributed by atoms with Crippen LogP contribution in [0, 0.1) is 16.7 Å². The standard InChI is InChI=1S/C19H38N2/c1-7-21(8-2)13-9-10-15(3)20-17-18(4,5)16-11-12-19(17,6)14-16/h15-17,20H,7-14H2,1-6H3/t15?,16-,17?,19+/m0/s1. The van der Waals surface area contributed by atoms with Crippen LogP contribution in [0.4, 0.5) is 0 Å². The molecule has 2 nitrogen and oxygen atoms in total. The highest BCUT2D eigenvalue weighted by Gasteiger charge is 2.59. The van der Waals surface area contributed by atoms with Gasteiger partial charge in [-0.1, -0.05) is 34.6 Å². The Hall–Kier alpha value is -0.0800. The van der Waals surface area contributed by atoms with Crippen LogP contribution in [-0.2, 0) is 0 Å². The summed E-state index contributed by atoms with van der Waals surface area (Å²) >= 11 is 0. The van der Waals surface area contributed by atoms with Gasteiger partial charge in [-0.2, -0.15) is 0 Å². The van der Waals surface area contributed by atoms with Crippen LogP contribution < -0.4 is 5.32 Å². The molecule has 0 amide bonds. The van der Waals surface area contributed by atoms with Crippen LogP contribution in [0.5, 0.6) is 0 Å². The first-order valence-corrected chi connectivity index (χ1v) is 9.32. The summed E-state index contributed by atoms with van der Waals surface area (Å²) in [5.41, 5.74) is 1.04. The Morgan fingerprint density at radius 3 is 2.38 bits per heavy atom. The molecule has 0 spiro atoms. The third-order valence-corrected chi connectivity index (χ3v) is 6.73. The molecule has 4 atom stereocenters. The summed E-state index contributed by atoms with van der Waals surface area (Å²) in [6.45, 7) is 18.1. The van der Waals surface area contributed by atoms with Gasteiger partial charge in [-0.05, 0) is 75.4 Å². The van der Waals surface area contributed by atoms with Crippen LogP contribution in [0.15, 0.2) is 0 Å². The van der Waals surface area contributed by atoms with Gasteiger partial charge in [0.1, 0.15) is 0 Å². The van der Waals surface area contributed by atoms with Crippen LogP contribution in [0.3, 0.4) is 0 Å². The minimum absolute atomic E-state index is 0.486. The third-order valence-electron chi connectivity index (χ3n) is 6.73. The van der Waals surface area contributed by atoms with Crippen molar-refractivity contribution in [2.45, 2.75) is 85.7 Å². The van der Waals surface area contributed by atoms with E-state index in [4.69, 9.17) is 0 Å². The largest absolute Gasteiger partial charge is 0.310 e. The Labute approximate surface area is 133 Å². The maximum Gasteiger partial charge on any atom is 0.0177 e. The Balaban J connectivity index is 1.81. The topological polar surface area (TPSA) is 15.3 Å². The molecule has 124 valence electrons. The maximum atomic E-state index is 4.03. The third kappa shape index (κ3) is 3.47. The highest BCUT2D eigenvalue weighted by atomic mass is 15.1. The number of nitrogens with zero attached hydrogens (tertiary/aromatic N) is 1. The lowest BCUT2D eigenvalue weighted by Gasteiger charge is -2.44. The lowest BCUT2D eigenvalue weighted by atomic mass is 9.68. The fourth-order valence-electron chi connectivity index (χ4n) is 5.25. The lowest BCUT2D eigenvalue weighted by molar-refractivity contribution is 0.0984. The summed E-state index contributed by atoms with van der Waals surface area (Å²) in [6, 6.07) is 1.37. The number of fused-ring (bicyclic) bond motifs is 2. The molecule has 0 heterocycles. The van der Waals surface area contributed by atoms with Gasteiger partial charge in [-0.15, -0.1) is 0 Å². The fraction of sp³-hybridized carbons (Fsp3) is 1.00. The van der Waals surface area contributed by atoms with E-state index in [9.17, 15) is 0 Å². The second-order valence-electron chi connectivity index (χ2n) is 8.58. The van der Waals surface area contributed by atoms with Gasteiger partial charge < -0.3 is 10.2 Å². The second-order valence-corrected chi connectivity index (χ2v) is 8.58. The predicted octanol–water partition coefficient (Wildman–Crippen LogP) is 4.30. The zero-order valence-corrected chi connectivity index (χ0v) is 15.3. The van der Waals surface area contributed by atoms with Gasteiger partial charge in [-0.25, -0.2) is 0 Å². The van der Waals surface area contributed by atoms with Gasteiger partial charge >= 0.3 is 0 Å². The lowest BCUT2D eigenvalue weighted by Crippen LogP contribution is -2.53. The molecule has 0 aromatic carbocycles. The summed E-state index contributed by atoms with van der Waals surface area (Å²) in [4.78, 5) is 2.54. The summed E-state index contributed by atoms with van der Waals surface area (Å²) in [5.74, 6) is 0.947. The first-order valence-electron chi connectivity index (χ1n) is 9.32. The Morgan fingerprint density at radius 2 is 1.86 bits per heavy atom. The van der Waals surface area contributed by atoms with E-state index in [0.29, 0.717) is 22.9 Å². The summed E-state index contributed by atoms with van der Waals surface area (Å²) in [6.07, 6.45) is 6.97. The van der Waals surface area contributed by atoms with Gasteiger partial charge in [-0.3, -0.25) is 0 Å². The molecule has 21 heavy (non-hydrogen) atoms. The van der Waals surface area contributed by atoms with Crippen LogP contribution in [0.1, 0.15) is 73.6 Å². The predicted molar refractivity (Wildman–Crippen MR) is 92.6 cm³/mol. The zero-order chi connectivity index (χ0) is 15.7. The minimum atomic E-state index is 0.486. The number of hydrogen-bond donors (Lipinski definition) is 1. The molecule has 2 unspecified atom stereocenters. The Kier molecular flexibility index (Phi) is 5.41. The van der Waals surface area contributed by atoms with Crippen molar-refractivity contribution in [3.63, 3.8) is 0 Å². The minimum Gasteiger partial charge on any atom is -0.310 e. The van der Waals surface area contributed by atoms with Crippen LogP contribution >= 0.6 is 0 Å². The van der Waals surface area contributed by atoms with Crippen molar-refractivity contribution in [2.75, 3.05) is 19.6 Å². The smallest absolute Gasteiger partial charge is 0.0177 e. The van der Waals surface area contributed by atoms with Crippen LogP contribution in [0.2, 0.25) is 0 Å². The van der Waals surface area contributed by atoms with Crippen molar-refractivity contribution < 1.29 is 0 Å². The zero-order valence-electron chi connectivity index (χ0n) is 15.3. The van der Waals surface area contributed by atoms with E-state index >= 15 is 0 Å². The van der Waals surface area contributed by atoms with Gasteiger partial charge in [0.15, 0.2) is 0 Å². The second kappa shape index (κ2) is 6.58. The summed E-state index contributed by atoms with van der Waals surface area (Å²) in [5, 5.41) is 4.03. The van der Waals surface area contributed by atoms with E-state index in [-0.39, 0.29) is 0 Å². The molecule has 2 fully saturated rings. The molecule has 0 aromatic heterocycles. The summed E-state index contributed by atoms with van der Waals surface area (Å²) in [7, 11) is 0. The Bertz CT molecular complexity index is 330. The van der Waals surface area contributed by atoms with Crippen molar-refractivity contribution in [3.8, 4) is 0 Å². The summed E-state index contributed by atoms with van der Waals surface area (Å²) < 4.78 is 0. The van der Waals surface area contributed by atoms with Gasteiger partial charge in [0.2, 0.25) is 0 Å². The maximum absolute atomic E-state index is 4.03. The monoisotopic (exact) mass is 294 g/mol. The molecule has 0 saturated heterocycles. The van der Waals surface area contributed by atoms with E-state index in [2.05, 4.69) is 51.8 Å². The van der Waals surface area contributed by atoms with Gasteiger partial charge in [0.25, 0.3) is 0 Å². The fourth-order valence-corrected chi connectivity index (χ4v) is 5.25. The SMILES string of the molecule is CCN(CC)CCCC(C)NC1C(C)(C)[C@H]2CC[C@]1(C)C2. The first-order chi connectivity index (χ1) is 9.83. The normalized spacial score (nSPS) is 35.6. The van der Waals surface area contributed by atoms with Crippen LogP contribution in [-0.4, -0.2) is 36.6 Å². The van der Waals surface area contributed by atoms with E-state index in [0.717, 1.165) is 5.92 Å². The van der Waals surface area contributed by atoms with Crippen molar-refractivity contribution in [3.05, 3.63) is 0 Å². The van der Waals surface area contributed by atoms with E-state index < -0.39 is 0 Å². The highest BCUT2D eigenvalue weighted by Crippen LogP contribution is 2.62. The molecule has 0 aromatic rings. The van der Waals surface area contributed by atoms with E-state index in [1.54, 1.807) is 0 Å². The van der Waals surface area contributed by atoms with Gasteiger partial charge in [0.05, 0.1) is 0 Å². The van der Waals surface area contributed by atoms with E-state index in [1.165, 1.54) is 51.7 Å². The van der Waals surface area contributed by atoms with Crippen molar-refractivity contribution in [2.24, 2.45) is 16.7 Å². The van der Waals surface area contributed by atoms with Crippen molar-refractivity contribution in [1.82, 2.24) is 10.2 Å². The molecule has 1 N–H and O–H groups in total. The molecule has 0 aliphatic heterocycles. The highest BCUT2D eigenvalue weighted by molar-refractivity contribution is 5.12.